The molecule has 0 aliphatic rings. The van der Waals surface area contributed by atoms with Crippen LogP contribution < -0.4 is 4.74 Å². The third kappa shape index (κ3) is 9.73. The third-order valence-corrected chi connectivity index (χ3v) is 6.96. The van der Waals surface area contributed by atoms with Crippen LogP contribution in [0.25, 0.3) is 0 Å². The molecule has 7 heteroatoms. The van der Waals surface area contributed by atoms with Gasteiger partial charge in [-0.15, -0.1) is 0 Å². The summed E-state index contributed by atoms with van der Waals surface area (Å²) in [5, 5.41) is 0. The lowest BCUT2D eigenvalue weighted by atomic mass is 9.68. The summed E-state index contributed by atoms with van der Waals surface area (Å²) < 4.78 is 17.8. The Kier molecular flexibility index (Phi) is 13.5. The van der Waals surface area contributed by atoms with E-state index < -0.39 is 5.97 Å². The number of carbonyl (C=O) groups excluding carboxylic acids is 2. The number of benzene rings is 1. The molecule has 0 spiro atoms. The van der Waals surface area contributed by atoms with Crippen molar-refractivity contribution in [2.75, 3.05) is 19.8 Å². The van der Waals surface area contributed by atoms with E-state index in [9.17, 15) is 9.59 Å². The molecule has 1 rings (SSSR count). The van der Waals surface area contributed by atoms with Crippen LogP contribution in [0, 0.1) is 23.7 Å². The van der Waals surface area contributed by atoms with E-state index in [2.05, 4.69) is 92.1 Å². The Labute approximate surface area is 222 Å². The van der Waals surface area contributed by atoms with Crippen molar-refractivity contribution in [3.8, 4) is 5.75 Å². The quantitative estimate of drug-likeness (QED) is 0.124. The van der Waals surface area contributed by atoms with Crippen molar-refractivity contribution >= 4 is 43.8 Å². The van der Waals surface area contributed by atoms with E-state index in [4.69, 9.17) is 14.2 Å². The summed E-state index contributed by atoms with van der Waals surface area (Å²) in [6.45, 7) is 19.4. The Morgan fingerprint density at radius 2 is 1.44 bits per heavy atom. The van der Waals surface area contributed by atoms with Gasteiger partial charge in [0.1, 0.15) is 19.0 Å². The van der Waals surface area contributed by atoms with Crippen molar-refractivity contribution in [2.45, 2.75) is 67.2 Å². The summed E-state index contributed by atoms with van der Waals surface area (Å²) in [7, 11) is 0. The van der Waals surface area contributed by atoms with E-state index in [1.54, 1.807) is 6.92 Å². The zero-order valence-electron chi connectivity index (χ0n) is 21.6. The fourth-order valence-corrected chi connectivity index (χ4v) is 5.89. The Hall–Kier alpha value is -1.34. The van der Waals surface area contributed by atoms with Crippen molar-refractivity contribution in [3.05, 3.63) is 38.8 Å². The van der Waals surface area contributed by atoms with Crippen LogP contribution in [0.1, 0.15) is 72.8 Å². The molecule has 0 saturated carbocycles. The molecular formula is C27H40Br2O5. The number of rotatable bonds is 14. The molecule has 1 aromatic carbocycles. The maximum atomic E-state index is 11.9. The van der Waals surface area contributed by atoms with Gasteiger partial charge < -0.3 is 14.2 Å². The lowest BCUT2D eigenvalue weighted by molar-refractivity contribution is -0.146. The maximum absolute atomic E-state index is 11.9. The van der Waals surface area contributed by atoms with Crippen LogP contribution in [0.15, 0.2) is 33.2 Å². The van der Waals surface area contributed by atoms with Gasteiger partial charge in [-0.25, -0.2) is 4.79 Å². The number of hydrogen-bond donors (Lipinski definition) is 0. The van der Waals surface area contributed by atoms with Crippen LogP contribution in [0.3, 0.4) is 0 Å². The number of halogens is 2. The highest BCUT2D eigenvalue weighted by Gasteiger charge is 2.31. The fraction of sp³-hybridized carbons (Fsp3) is 0.630. The second-order valence-corrected chi connectivity index (χ2v) is 11.4. The van der Waals surface area contributed by atoms with E-state index >= 15 is 0 Å². The third-order valence-electron chi connectivity index (χ3n) is 5.78. The molecule has 0 saturated heterocycles. The molecule has 0 bridgehead atoms. The van der Waals surface area contributed by atoms with Crippen LogP contribution in [0.5, 0.6) is 5.75 Å². The molecule has 0 N–H and O–H groups in total. The number of hydrogen-bond acceptors (Lipinski definition) is 5. The van der Waals surface area contributed by atoms with E-state index in [0.29, 0.717) is 47.3 Å². The topological polar surface area (TPSA) is 61.8 Å². The molecule has 0 heterocycles. The molecule has 0 amide bonds. The summed E-state index contributed by atoms with van der Waals surface area (Å²) in [5.41, 5.74) is 1.62. The van der Waals surface area contributed by atoms with E-state index in [1.165, 1.54) is 5.56 Å². The van der Waals surface area contributed by atoms with Gasteiger partial charge in [0, 0.05) is 12.0 Å². The summed E-state index contributed by atoms with van der Waals surface area (Å²) in [6.07, 6.45) is 0.580. The maximum Gasteiger partial charge on any atom is 0.333 e. The lowest BCUT2D eigenvalue weighted by Gasteiger charge is -2.37. The molecule has 0 aliphatic heterocycles. The van der Waals surface area contributed by atoms with Gasteiger partial charge >= 0.3 is 11.9 Å². The van der Waals surface area contributed by atoms with Gasteiger partial charge in [0.2, 0.25) is 0 Å². The monoisotopic (exact) mass is 602 g/mol. The second-order valence-electron chi connectivity index (χ2n) is 9.74. The van der Waals surface area contributed by atoms with Crippen LogP contribution in [-0.2, 0) is 19.1 Å². The number of carbonyl (C=O) groups is 2. The number of ether oxygens (including phenoxy) is 3. The van der Waals surface area contributed by atoms with Gasteiger partial charge in [-0.1, -0.05) is 48.1 Å². The molecule has 0 fully saturated rings. The smallest absolute Gasteiger partial charge is 0.333 e. The average molecular weight is 604 g/mol. The lowest BCUT2D eigenvalue weighted by Crippen LogP contribution is -2.27. The molecule has 0 radical (unpaired) electrons. The SMILES string of the molecule is C=C(C)C(=O)OCCCC(=O)OCCOc1c(Br)cc(C(C(C)C)C(C(C)C)C(C)C)cc1Br. The van der Waals surface area contributed by atoms with Crippen molar-refractivity contribution in [1.29, 1.82) is 0 Å². The van der Waals surface area contributed by atoms with E-state index in [0.717, 1.165) is 8.95 Å². The van der Waals surface area contributed by atoms with Gasteiger partial charge in [-0.05, 0) is 92.5 Å². The molecule has 0 aromatic heterocycles. The van der Waals surface area contributed by atoms with Gasteiger partial charge in [-0.3, -0.25) is 4.79 Å². The average Bonchev–Trinajstić information content (AvgIpc) is 2.72. The van der Waals surface area contributed by atoms with Gasteiger partial charge in [0.25, 0.3) is 0 Å². The fourth-order valence-electron chi connectivity index (χ4n) is 4.44. The minimum absolute atomic E-state index is 0.141. The molecule has 1 aromatic rings. The molecule has 5 nitrogen and oxygen atoms in total. The largest absolute Gasteiger partial charge is 0.488 e. The first kappa shape index (κ1) is 30.7. The minimum atomic E-state index is -0.451. The van der Waals surface area contributed by atoms with Gasteiger partial charge in [0.15, 0.2) is 0 Å². The predicted molar refractivity (Wildman–Crippen MR) is 144 cm³/mol. The van der Waals surface area contributed by atoms with Crippen LogP contribution in [0.2, 0.25) is 0 Å². The van der Waals surface area contributed by atoms with Crippen molar-refractivity contribution in [3.63, 3.8) is 0 Å². The highest BCUT2D eigenvalue weighted by molar-refractivity contribution is 9.11. The van der Waals surface area contributed by atoms with Crippen LogP contribution in [-0.4, -0.2) is 31.8 Å². The van der Waals surface area contributed by atoms with Crippen molar-refractivity contribution in [1.82, 2.24) is 0 Å². The standard InChI is InChI=1S/C27H40Br2O5/c1-16(2)24(17(3)4)25(18(5)6)20-14-21(28)26(22(29)15-20)33-13-12-32-23(30)10-9-11-34-27(31)19(7)8/h14-18,24-25H,7,9-13H2,1-6,8H3. The zero-order valence-corrected chi connectivity index (χ0v) is 24.8. The highest BCUT2D eigenvalue weighted by Crippen LogP contribution is 2.44. The highest BCUT2D eigenvalue weighted by atomic mass is 79.9. The molecular weight excluding hydrogens is 564 g/mol. The van der Waals surface area contributed by atoms with E-state index in [1.807, 2.05) is 0 Å². The Morgan fingerprint density at radius 3 is 1.91 bits per heavy atom. The summed E-state index contributed by atoms with van der Waals surface area (Å²) in [4.78, 5) is 23.2. The summed E-state index contributed by atoms with van der Waals surface area (Å²) in [5.74, 6) is 2.54. The molecule has 1 unspecified atom stereocenters. The molecule has 0 aliphatic carbocycles. The van der Waals surface area contributed by atoms with Gasteiger partial charge in [0.05, 0.1) is 15.6 Å². The second kappa shape index (κ2) is 14.9. The predicted octanol–water partition coefficient (Wildman–Crippen LogP) is 7.70. The Balaban J connectivity index is 2.67. The Morgan fingerprint density at radius 1 is 0.882 bits per heavy atom. The Bertz CT molecular complexity index is 801. The van der Waals surface area contributed by atoms with E-state index in [-0.39, 0.29) is 32.2 Å². The first-order valence-electron chi connectivity index (χ1n) is 12.0. The van der Waals surface area contributed by atoms with Crippen LogP contribution >= 0.6 is 31.9 Å². The first-order valence-corrected chi connectivity index (χ1v) is 13.5. The first-order chi connectivity index (χ1) is 15.9. The molecule has 192 valence electrons. The molecule has 34 heavy (non-hydrogen) atoms. The summed E-state index contributed by atoms with van der Waals surface area (Å²) >= 11 is 7.35. The normalized spacial score (nSPS) is 12.4. The zero-order chi connectivity index (χ0) is 26.0. The van der Waals surface area contributed by atoms with Crippen molar-refractivity contribution < 1.29 is 23.8 Å². The number of esters is 2. The van der Waals surface area contributed by atoms with Crippen molar-refractivity contribution in [2.24, 2.45) is 23.7 Å². The van der Waals surface area contributed by atoms with Crippen LogP contribution in [0.4, 0.5) is 0 Å². The minimum Gasteiger partial charge on any atom is -0.488 e. The molecule has 1 atom stereocenters. The van der Waals surface area contributed by atoms with Gasteiger partial charge in [-0.2, -0.15) is 0 Å². The summed E-state index contributed by atoms with van der Waals surface area (Å²) in [6, 6.07) is 4.31.